The van der Waals surface area contributed by atoms with Gasteiger partial charge in [0, 0.05) is 29.0 Å². The highest BCUT2D eigenvalue weighted by molar-refractivity contribution is 14.1. The molecule has 1 aliphatic rings. The lowest BCUT2D eigenvalue weighted by Crippen LogP contribution is -2.24. The molecule has 2 aromatic heterocycles. The van der Waals surface area contributed by atoms with E-state index < -0.39 is 12.2 Å². The van der Waals surface area contributed by atoms with Gasteiger partial charge in [-0.1, -0.05) is 0 Å². The Balaban J connectivity index is 1.98. The fraction of sp³-hybridized carbons (Fsp3) is 0.500. The molecule has 8 heteroatoms. The molecule has 2 N–H and O–H groups in total. The molecule has 0 spiro atoms. The van der Waals surface area contributed by atoms with Gasteiger partial charge in [0.25, 0.3) is 0 Å². The molecular formula is C10H11IN4O3. The van der Waals surface area contributed by atoms with Crippen LogP contribution in [0.15, 0.2) is 12.5 Å². The van der Waals surface area contributed by atoms with Crippen LogP contribution in [0.1, 0.15) is 12.6 Å². The minimum absolute atomic E-state index is 0.198. The van der Waals surface area contributed by atoms with Gasteiger partial charge in [-0.3, -0.25) is 4.57 Å². The zero-order chi connectivity index (χ0) is 12.7. The molecule has 7 nitrogen and oxygen atoms in total. The monoisotopic (exact) mass is 362 g/mol. The first-order valence-electron chi connectivity index (χ1n) is 5.48. The third-order valence-corrected chi connectivity index (χ3v) is 3.50. The minimum Gasteiger partial charge on any atom is -0.394 e. The number of aliphatic hydroxyl groups is 2. The van der Waals surface area contributed by atoms with Crippen LogP contribution < -0.4 is 0 Å². The summed E-state index contributed by atoms with van der Waals surface area (Å²) in [6.07, 6.45) is 2.11. The molecule has 1 aliphatic heterocycles. The Morgan fingerprint density at radius 3 is 3.06 bits per heavy atom. The van der Waals surface area contributed by atoms with Crippen LogP contribution in [0.3, 0.4) is 0 Å². The lowest BCUT2D eigenvalue weighted by atomic mass is 10.2. The molecule has 0 aromatic carbocycles. The van der Waals surface area contributed by atoms with Crippen molar-refractivity contribution >= 4 is 33.8 Å². The number of fused-ring (bicyclic) bond motifs is 1. The second kappa shape index (κ2) is 4.68. The van der Waals surface area contributed by atoms with Crippen molar-refractivity contribution in [2.24, 2.45) is 0 Å². The van der Waals surface area contributed by atoms with Gasteiger partial charge in [-0.25, -0.2) is 15.0 Å². The molecule has 1 fully saturated rings. The van der Waals surface area contributed by atoms with Gasteiger partial charge in [-0.15, -0.1) is 0 Å². The Labute approximate surface area is 116 Å². The lowest BCUT2D eigenvalue weighted by molar-refractivity contribution is -0.0432. The number of hydrogen-bond donors (Lipinski definition) is 2. The molecule has 0 unspecified atom stereocenters. The summed E-state index contributed by atoms with van der Waals surface area (Å²) in [7, 11) is 0. The first kappa shape index (κ1) is 12.2. The van der Waals surface area contributed by atoms with Crippen molar-refractivity contribution in [2.45, 2.75) is 24.9 Å². The normalized spacial score (nSPS) is 28.1. The summed E-state index contributed by atoms with van der Waals surface area (Å²) >= 11 is 2.03. The Hall–Kier alpha value is -0.840. The van der Waals surface area contributed by atoms with Gasteiger partial charge in [0.2, 0.25) is 0 Å². The lowest BCUT2D eigenvalue weighted by Gasteiger charge is -2.13. The molecule has 2 aromatic rings. The van der Waals surface area contributed by atoms with Crippen molar-refractivity contribution < 1.29 is 14.9 Å². The fourth-order valence-corrected chi connectivity index (χ4v) is 2.43. The molecule has 0 amide bonds. The molecule has 0 aliphatic carbocycles. The molecular weight excluding hydrogens is 351 g/mol. The van der Waals surface area contributed by atoms with Crippen molar-refractivity contribution in [3.8, 4) is 0 Å². The number of hydrogen-bond acceptors (Lipinski definition) is 6. The second-order valence-electron chi connectivity index (χ2n) is 4.11. The maximum atomic E-state index is 9.73. The van der Waals surface area contributed by atoms with Crippen LogP contribution in [0.4, 0.5) is 0 Å². The van der Waals surface area contributed by atoms with E-state index >= 15 is 0 Å². The van der Waals surface area contributed by atoms with E-state index in [2.05, 4.69) is 15.0 Å². The average molecular weight is 362 g/mol. The number of aliphatic hydroxyl groups excluding tert-OH is 2. The number of ether oxygens (including phenoxy) is 1. The highest BCUT2D eigenvalue weighted by Gasteiger charge is 2.35. The predicted molar refractivity (Wildman–Crippen MR) is 69.7 cm³/mol. The first-order chi connectivity index (χ1) is 8.69. The molecule has 0 saturated carbocycles. The van der Waals surface area contributed by atoms with Crippen LogP contribution in [-0.4, -0.2) is 48.5 Å². The largest absolute Gasteiger partial charge is 0.394 e. The summed E-state index contributed by atoms with van der Waals surface area (Å²) in [5.74, 6) is 0. The fourth-order valence-electron chi connectivity index (χ4n) is 2.07. The standard InChI is InChI=1S/C10H11IN4O3/c11-10-12-2-5-9(14-10)15(4-13-5)8-1-6(17)7(3-16)18-8/h2,4,6-8,16-17H,1,3H2/t6-,7+,8-/m1/s1. The number of imidazole rings is 1. The number of aromatic nitrogens is 4. The third kappa shape index (κ3) is 1.98. The third-order valence-electron chi connectivity index (χ3n) is 2.98. The summed E-state index contributed by atoms with van der Waals surface area (Å²) in [5.41, 5.74) is 1.35. The summed E-state index contributed by atoms with van der Waals surface area (Å²) in [6.45, 7) is -0.198. The topological polar surface area (TPSA) is 93.3 Å². The van der Waals surface area contributed by atoms with Crippen LogP contribution in [0.2, 0.25) is 0 Å². The van der Waals surface area contributed by atoms with E-state index in [1.54, 1.807) is 17.1 Å². The number of nitrogens with zero attached hydrogens (tertiary/aromatic N) is 4. The van der Waals surface area contributed by atoms with Crippen molar-refractivity contribution in [3.05, 3.63) is 16.4 Å². The van der Waals surface area contributed by atoms with E-state index in [1.165, 1.54) is 0 Å². The number of halogens is 1. The van der Waals surface area contributed by atoms with Crippen LogP contribution in [0, 0.1) is 3.83 Å². The number of rotatable bonds is 2. The van der Waals surface area contributed by atoms with Gasteiger partial charge < -0.3 is 14.9 Å². The quantitative estimate of drug-likeness (QED) is 0.580. The van der Waals surface area contributed by atoms with Gasteiger partial charge in [0.05, 0.1) is 25.2 Å². The molecule has 3 heterocycles. The molecule has 18 heavy (non-hydrogen) atoms. The van der Waals surface area contributed by atoms with Crippen LogP contribution >= 0.6 is 22.6 Å². The molecule has 1 saturated heterocycles. The minimum atomic E-state index is -0.668. The SMILES string of the molecule is OC[C@@H]1O[C@@H](n2cnc3cnc(I)nc32)C[C@H]1O. The molecule has 0 bridgehead atoms. The van der Waals surface area contributed by atoms with Crippen LogP contribution in [0.25, 0.3) is 11.2 Å². The Morgan fingerprint density at radius 2 is 2.33 bits per heavy atom. The summed E-state index contributed by atoms with van der Waals surface area (Å²) in [5, 5.41) is 18.8. The predicted octanol–water partition coefficient (Wildman–Crippen LogP) is 0.0716. The maximum Gasteiger partial charge on any atom is 0.192 e. The highest BCUT2D eigenvalue weighted by Crippen LogP contribution is 2.30. The summed E-state index contributed by atoms with van der Waals surface area (Å²) in [6, 6.07) is 0. The molecule has 0 radical (unpaired) electrons. The Bertz CT molecular complexity index is 575. The van der Waals surface area contributed by atoms with E-state index in [0.717, 1.165) is 0 Å². The van der Waals surface area contributed by atoms with Gasteiger partial charge in [0.15, 0.2) is 9.48 Å². The van der Waals surface area contributed by atoms with Crippen LogP contribution in [0.5, 0.6) is 0 Å². The Kier molecular flexibility index (Phi) is 3.18. The van der Waals surface area contributed by atoms with Gasteiger partial charge in [0.1, 0.15) is 17.8 Å². The van der Waals surface area contributed by atoms with E-state index in [1.807, 2.05) is 22.6 Å². The van der Waals surface area contributed by atoms with E-state index in [-0.39, 0.29) is 12.8 Å². The van der Waals surface area contributed by atoms with E-state index in [0.29, 0.717) is 21.4 Å². The Morgan fingerprint density at radius 1 is 1.50 bits per heavy atom. The zero-order valence-electron chi connectivity index (χ0n) is 9.27. The maximum absolute atomic E-state index is 9.73. The van der Waals surface area contributed by atoms with Crippen LogP contribution in [-0.2, 0) is 4.74 Å². The summed E-state index contributed by atoms with van der Waals surface area (Å²) in [4.78, 5) is 12.6. The first-order valence-corrected chi connectivity index (χ1v) is 6.56. The van der Waals surface area contributed by atoms with Crippen molar-refractivity contribution in [1.29, 1.82) is 0 Å². The molecule has 96 valence electrons. The highest BCUT2D eigenvalue weighted by atomic mass is 127. The molecule has 3 atom stereocenters. The second-order valence-corrected chi connectivity index (χ2v) is 5.08. The van der Waals surface area contributed by atoms with Gasteiger partial charge >= 0.3 is 0 Å². The van der Waals surface area contributed by atoms with Crippen molar-refractivity contribution in [3.63, 3.8) is 0 Å². The van der Waals surface area contributed by atoms with Gasteiger partial charge in [-0.2, -0.15) is 0 Å². The van der Waals surface area contributed by atoms with E-state index in [4.69, 9.17) is 9.84 Å². The zero-order valence-corrected chi connectivity index (χ0v) is 11.4. The van der Waals surface area contributed by atoms with Crippen molar-refractivity contribution in [1.82, 2.24) is 19.5 Å². The molecule has 3 rings (SSSR count). The van der Waals surface area contributed by atoms with Crippen molar-refractivity contribution in [2.75, 3.05) is 6.61 Å². The average Bonchev–Trinajstić information content (AvgIpc) is 2.91. The smallest absolute Gasteiger partial charge is 0.192 e. The van der Waals surface area contributed by atoms with E-state index in [9.17, 15) is 5.11 Å². The van der Waals surface area contributed by atoms with Gasteiger partial charge in [-0.05, 0) is 0 Å². The summed E-state index contributed by atoms with van der Waals surface area (Å²) < 4.78 is 7.96.